The molecule has 1 aromatic heterocycles. The first-order valence-electron chi connectivity index (χ1n) is 13.8. The van der Waals surface area contributed by atoms with E-state index in [1.54, 1.807) is 12.1 Å². The Morgan fingerprint density at radius 2 is 1.67 bits per heavy atom. The molecule has 202 valence electrons. The summed E-state index contributed by atoms with van der Waals surface area (Å²) < 4.78 is 26.2. The maximum Gasteiger partial charge on any atom is 0.242 e. The Kier molecular flexibility index (Phi) is 7.10. The summed E-state index contributed by atoms with van der Waals surface area (Å²) in [7, 11) is -0.408. The van der Waals surface area contributed by atoms with Gasteiger partial charge in [0.15, 0.2) is 0 Å². The second kappa shape index (κ2) is 10.7. The first kappa shape index (κ1) is 25.9. The van der Waals surface area contributed by atoms with Crippen LogP contribution in [0.4, 0.5) is 11.6 Å². The number of nitrogens with zero attached hydrogens (tertiary/aromatic N) is 4. The molecule has 8 heteroatoms. The number of hydrogen-bond donors (Lipinski definition) is 1. The van der Waals surface area contributed by atoms with E-state index in [0.717, 1.165) is 40.6 Å². The SMILES string of the molecule is CN(C)S(=O)(=O)c1ccc(-c2cccc3cnc(Nc4ccc5c(c4)CCC(N4CCCC4)CC5)nc23)cc1. The van der Waals surface area contributed by atoms with Crippen molar-refractivity contribution < 1.29 is 8.42 Å². The molecule has 1 N–H and O–H groups in total. The third-order valence-corrected chi connectivity index (χ3v) is 10.00. The van der Waals surface area contributed by atoms with E-state index in [1.165, 1.54) is 68.3 Å². The van der Waals surface area contributed by atoms with Gasteiger partial charge in [0.2, 0.25) is 16.0 Å². The average Bonchev–Trinajstić information content (AvgIpc) is 3.40. The molecule has 3 aromatic carbocycles. The quantitative estimate of drug-likeness (QED) is 0.319. The van der Waals surface area contributed by atoms with E-state index >= 15 is 0 Å². The summed E-state index contributed by atoms with van der Waals surface area (Å²) in [5, 5.41) is 4.36. The van der Waals surface area contributed by atoms with Crippen molar-refractivity contribution in [2.75, 3.05) is 32.5 Å². The van der Waals surface area contributed by atoms with Gasteiger partial charge in [0.1, 0.15) is 0 Å². The molecule has 1 fully saturated rings. The molecule has 0 amide bonds. The van der Waals surface area contributed by atoms with Gasteiger partial charge in [-0.15, -0.1) is 0 Å². The molecule has 1 unspecified atom stereocenters. The number of anilines is 2. The highest BCUT2D eigenvalue weighted by atomic mass is 32.2. The minimum atomic E-state index is -3.48. The number of hydrogen-bond acceptors (Lipinski definition) is 6. The minimum Gasteiger partial charge on any atom is -0.324 e. The van der Waals surface area contributed by atoms with E-state index in [2.05, 4.69) is 33.4 Å². The summed E-state index contributed by atoms with van der Waals surface area (Å²) in [6.45, 7) is 2.52. The van der Waals surface area contributed by atoms with Crippen LogP contribution in [-0.2, 0) is 22.9 Å². The molecule has 2 heterocycles. The summed E-state index contributed by atoms with van der Waals surface area (Å²) in [6.07, 6.45) is 9.24. The van der Waals surface area contributed by atoms with Crippen LogP contribution in [0.2, 0.25) is 0 Å². The monoisotopic (exact) mass is 541 g/mol. The second-order valence-electron chi connectivity index (χ2n) is 10.8. The lowest BCUT2D eigenvalue weighted by atomic mass is 10.0. The average molecular weight is 542 g/mol. The molecular formula is C31H35N5O2S. The van der Waals surface area contributed by atoms with Crippen molar-refractivity contribution in [3.8, 4) is 11.1 Å². The number of nitrogens with one attached hydrogen (secondary N) is 1. The Morgan fingerprint density at radius 1 is 0.923 bits per heavy atom. The number of para-hydroxylation sites is 1. The van der Waals surface area contributed by atoms with Crippen molar-refractivity contribution in [1.29, 1.82) is 0 Å². The second-order valence-corrected chi connectivity index (χ2v) is 13.0. The molecule has 0 bridgehead atoms. The molecule has 6 rings (SSSR count). The number of likely N-dealkylation sites (tertiary alicyclic amines) is 1. The zero-order valence-corrected chi connectivity index (χ0v) is 23.4. The van der Waals surface area contributed by atoms with E-state index < -0.39 is 10.0 Å². The fourth-order valence-corrected chi connectivity index (χ4v) is 6.84. The molecule has 1 aliphatic heterocycles. The summed E-state index contributed by atoms with van der Waals surface area (Å²) in [4.78, 5) is 12.4. The first-order valence-corrected chi connectivity index (χ1v) is 15.2. The fraction of sp³-hybridized carbons (Fsp3) is 0.355. The zero-order chi connectivity index (χ0) is 27.0. The normalized spacial score (nSPS) is 18.3. The maximum atomic E-state index is 12.5. The highest BCUT2D eigenvalue weighted by molar-refractivity contribution is 7.89. The molecule has 1 aliphatic carbocycles. The van der Waals surface area contributed by atoms with Gasteiger partial charge < -0.3 is 10.2 Å². The topological polar surface area (TPSA) is 78.4 Å². The molecule has 4 aromatic rings. The van der Waals surface area contributed by atoms with Crippen LogP contribution in [-0.4, -0.2) is 60.8 Å². The van der Waals surface area contributed by atoms with Gasteiger partial charge in [0.05, 0.1) is 10.4 Å². The van der Waals surface area contributed by atoms with Gasteiger partial charge in [-0.2, -0.15) is 0 Å². The van der Waals surface area contributed by atoms with Crippen LogP contribution in [0, 0.1) is 0 Å². The zero-order valence-electron chi connectivity index (χ0n) is 22.6. The number of sulfonamides is 1. The summed E-state index contributed by atoms with van der Waals surface area (Å²) in [5.74, 6) is 0.547. The van der Waals surface area contributed by atoms with E-state index in [1.807, 2.05) is 36.5 Å². The van der Waals surface area contributed by atoms with E-state index in [0.29, 0.717) is 12.0 Å². The van der Waals surface area contributed by atoms with Crippen molar-refractivity contribution >= 4 is 32.6 Å². The Hall–Kier alpha value is -3.33. The van der Waals surface area contributed by atoms with Gasteiger partial charge in [-0.1, -0.05) is 36.4 Å². The van der Waals surface area contributed by atoms with Crippen LogP contribution in [0.25, 0.3) is 22.0 Å². The van der Waals surface area contributed by atoms with Crippen LogP contribution in [0.15, 0.2) is 71.8 Å². The number of benzene rings is 3. The van der Waals surface area contributed by atoms with Crippen molar-refractivity contribution in [2.24, 2.45) is 0 Å². The van der Waals surface area contributed by atoms with Crippen LogP contribution in [0.3, 0.4) is 0 Å². The van der Waals surface area contributed by atoms with Crippen LogP contribution >= 0.6 is 0 Å². The lowest BCUT2D eigenvalue weighted by molar-refractivity contribution is 0.222. The molecule has 7 nitrogen and oxygen atoms in total. The van der Waals surface area contributed by atoms with Crippen molar-refractivity contribution in [1.82, 2.24) is 19.2 Å². The van der Waals surface area contributed by atoms with Crippen molar-refractivity contribution in [3.63, 3.8) is 0 Å². The highest BCUT2D eigenvalue weighted by Gasteiger charge is 2.24. The maximum absolute atomic E-state index is 12.5. The van der Waals surface area contributed by atoms with Gasteiger partial charge >= 0.3 is 0 Å². The Morgan fingerprint density at radius 3 is 2.41 bits per heavy atom. The predicted molar refractivity (Wildman–Crippen MR) is 157 cm³/mol. The van der Waals surface area contributed by atoms with Gasteiger partial charge in [-0.05, 0) is 92.6 Å². The molecule has 0 saturated carbocycles. The molecule has 1 saturated heterocycles. The van der Waals surface area contributed by atoms with Crippen LogP contribution in [0.5, 0.6) is 0 Å². The number of fused-ring (bicyclic) bond motifs is 2. The third-order valence-electron chi connectivity index (χ3n) is 8.17. The minimum absolute atomic E-state index is 0.267. The summed E-state index contributed by atoms with van der Waals surface area (Å²) in [6, 6.07) is 20.3. The lowest BCUT2D eigenvalue weighted by Gasteiger charge is -2.25. The van der Waals surface area contributed by atoms with E-state index in [4.69, 9.17) is 4.98 Å². The third kappa shape index (κ3) is 5.29. The standard InChI is InChI=1S/C31H35N5O2S/c1-35(2)39(37,38)28-16-11-23(12-17-28)29-7-5-6-25-21-32-31(34-30(25)29)33-26-13-8-22-9-14-27(15-10-24(22)20-26)36-18-3-4-19-36/h5-8,11-13,16-17,20-21,27H,3-4,9-10,14-15,18-19H2,1-2H3,(H,32,33,34). The fourth-order valence-electron chi connectivity index (χ4n) is 5.94. The van der Waals surface area contributed by atoms with Gasteiger partial charge in [0, 0.05) is 43.0 Å². The van der Waals surface area contributed by atoms with Gasteiger partial charge in [-0.3, -0.25) is 0 Å². The predicted octanol–water partition coefficient (Wildman–Crippen LogP) is 5.63. The van der Waals surface area contributed by atoms with Crippen LogP contribution < -0.4 is 5.32 Å². The largest absolute Gasteiger partial charge is 0.324 e. The van der Waals surface area contributed by atoms with Crippen molar-refractivity contribution in [3.05, 3.63) is 78.0 Å². The molecule has 39 heavy (non-hydrogen) atoms. The van der Waals surface area contributed by atoms with Gasteiger partial charge in [0.25, 0.3) is 0 Å². The molecule has 1 atom stereocenters. The lowest BCUT2D eigenvalue weighted by Crippen LogP contribution is -2.32. The summed E-state index contributed by atoms with van der Waals surface area (Å²) in [5.41, 5.74) is 6.55. The van der Waals surface area contributed by atoms with Gasteiger partial charge in [-0.25, -0.2) is 22.7 Å². The smallest absolute Gasteiger partial charge is 0.242 e. The molecule has 0 radical (unpaired) electrons. The molecule has 2 aliphatic rings. The highest BCUT2D eigenvalue weighted by Crippen LogP contribution is 2.31. The summed E-state index contributed by atoms with van der Waals surface area (Å²) >= 11 is 0. The van der Waals surface area contributed by atoms with E-state index in [-0.39, 0.29) is 4.90 Å². The molecular weight excluding hydrogens is 506 g/mol. The Balaban J connectivity index is 1.25. The van der Waals surface area contributed by atoms with Crippen LogP contribution in [0.1, 0.15) is 36.8 Å². The first-order chi connectivity index (χ1) is 18.9. The Bertz CT molecular complexity index is 1600. The number of aromatic nitrogens is 2. The van der Waals surface area contributed by atoms with E-state index in [9.17, 15) is 8.42 Å². The Labute approximate surface area is 230 Å². The number of rotatable bonds is 6. The number of aryl methyl sites for hydroxylation is 2. The van der Waals surface area contributed by atoms with Crippen molar-refractivity contribution in [2.45, 2.75) is 49.5 Å². The molecule has 0 spiro atoms.